The summed E-state index contributed by atoms with van der Waals surface area (Å²) in [4.78, 5) is 0. The molecule has 0 saturated carbocycles. The normalized spacial score (nSPS) is 11.8. The van der Waals surface area contributed by atoms with Crippen molar-refractivity contribution in [2.45, 2.75) is 0 Å². The van der Waals surface area contributed by atoms with Crippen molar-refractivity contribution < 1.29 is 0 Å². The molecule has 0 aliphatic carbocycles. The molecule has 2 heterocycles. The van der Waals surface area contributed by atoms with Crippen LogP contribution in [0.25, 0.3) is 76.9 Å². The molecule has 9 rings (SSSR count). The van der Waals surface area contributed by atoms with Crippen LogP contribution in [0.1, 0.15) is 0 Å². The molecule has 0 aliphatic heterocycles. The van der Waals surface area contributed by atoms with Crippen LogP contribution in [0.15, 0.2) is 158 Å². The minimum Gasteiger partial charge on any atom is -0.309 e. The van der Waals surface area contributed by atoms with Crippen molar-refractivity contribution in [3.05, 3.63) is 158 Å². The molecule has 196 valence electrons. The van der Waals surface area contributed by atoms with Crippen molar-refractivity contribution in [1.29, 1.82) is 0 Å². The van der Waals surface area contributed by atoms with Crippen LogP contribution in [0.2, 0.25) is 0 Å². The van der Waals surface area contributed by atoms with Gasteiger partial charge in [-0.05, 0) is 47.5 Å². The summed E-state index contributed by atoms with van der Waals surface area (Å²) in [6.45, 7) is 0. The Balaban J connectivity index is 1.53. The Hall–Kier alpha value is -5.60. The molecule has 42 heavy (non-hydrogen) atoms. The first-order valence-corrected chi connectivity index (χ1v) is 14.5. The minimum atomic E-state index is 1.17. The summed E-state index contributed by atoms with van der Waals surface area (Å²) in [5, 5.41) is 7.65. The monoisotopic (exact) mass is 534 g/mol. The van der Waals surface area contributed by atoms with Crippen molar-refractivity contribution >= 4 is 54.4 Å². The van der Waals surface area contributed by atoms with Crippen LogP contribution in [0.4, 0.5) is 0 Å². The Bertz CT molecular complexity index is 2440. The third-order valence-electron chi connectivity index (χ3n) is 8.66. The second-order valence-corrected chi connectivity index (χ2v) is 10.9. The van der Waals surface area contributed by atoms with Gasteiger partial charge in [0.2, 0.25) is 0 Å². The van der Waals surface area contributed by atoms with Crippen LogP contribution in [0, 0.1) is 0 Å². The van der Waals surface area contributed by atoms with Crippen LogP contribution in [-0.2, 0) is 0 Å². The Morgan fingerprint density at radius 1 is 0.310 bits per heavy atom. The zero-order valence-electron chi connectivity index (χ0n) is 22.9. The van der Waals surface area contributed by atoms with Crippen molar-refractivity contribution in [2.24, 2.45) is 0 Å². The molecule has 0 spiro atoms. The fourth-order valence-electron chi connectivity index (χ4n) is 6.96. The molecule has 0 saturated heterocycles. The van der Waals surface area contributed by atoms with E-state index in [0.29, 0.717) is 0 Å². The largest absolute Gasteiger partial charge is 0.309 e. The molecule has 2 nitrogen and oxygen atoms in total. The van der Waals surface area contributed by atoms with Gasteiger partial charge in [0, 0.05) is 43.7 Å². The molecule has 9 aromatic rings. The number of para-hydroxylation sites is 3. The van der Waals surface area contributed by atoms with E-state index >= 15 is 0 Å². The highest BCUT2D eigenvalue weighted by molar-refractivity contribution is 6.37. The average Bonchev–Trinajstić information content (AvgIpc) is 3.60. The Kier molecular flexibility index (Phi) is 4.93. The van der Waals surface area contributed by atoms with Gasteiger partial charge in [0.15, 0.2) is 0 Å². The van der Waals surface area contributed by atoms with Crippen molar-refractivity contribution in [3.8, 4) is 22.5 Å². The summed E-state index contributed by atoms with van der Waals surface area (Å²) in [5.41, 5.74) is 9.72. The topological polar surface area (TPSA) is 9.86 Å². The molecule has 2 heteroatoms. The second kappa shape index (κ2) is 8.95. The maximum absolute atomic E-state index is 2.48. The van der Waals surface area contributed by atoms with Crippen LogP contribution in [0.3, 0.4) is 0 Å². The highest BCUT2D eigenvalue weighted by Crippen LogP contribution is 2.46. The number of rotatable bonds is 3. The first-order valence-electron chi connectivity index (χ1n) is 14.5. The van der Waals surface area contributed by atoms with Crippen molar-refractivity contribution in [3.63, 3.8) is 0 Å². The third kappa shape index (κ3) is 3.21. The SMILES string of the molecule is c1ccc(-c2cccc(-n3c4ccccc4c4c5c6ccccc6n(-c6ccccc6)c5c5ccccc5c43)c2)cc1. The lowest BCUT2D eigenvalue weighted by atomic mass is 9.99. The maximum atomic E-state index is 2.48. The summed E-state index contributed by atoms with van der Waals surface area (Å²) in [6, 6.07) is 57.0. The van der Waals surface area contributed by atoms with Crippen LogP contribution in [0.5, 0.6) is 0 Å². The quantitative estimate of drug-likeness (QED) is 0.213. The predicted octanol–water partition coefficient (Wildman–Crippen LogP) is 10.7. The third-order valence-corrected chi connectivity index (χ3v) is 8.66. The molecule has 0 fully saturated rings. The fourth-order valence-corrected chi connectivity index (χ4v) is 6.96. The summed E-state index contributed by atoms with van der Waals surface area (Å²) in [6.07, 6.45) is 0. The maximum Gasteiger partial charge on any atom is 0.0627 e. The van der Waals surface area contributed by atoms with Gasteiger partial charge in [-0.3, -0.25) is 0 Å². The molecule has 7 aromatic carbocycles. The molecule has 0 bridgehead atoms. The van der Waals surface area contributed by atoms with Crippen LogP contribution in [-0.4, -0.2) is 9.13 Å². The zero-order valence-corrected chi connectivity index (χ0v) is 22.9. The summed E-state index contributed by atoms with van der Waals surface area (Å²) in [7, 11) is 0. The van der Waals surface area contributed by atoms with Gasteiger partial charge in [-0.2, -0.15) is 0 Å². The number of fused-ring (bicyclic) bond motifs is 10. The number of benzene rings is 7. The number of hydrogen-bond donors (Lipinski definition) is 0. The van der Waals surface area contributed by atoms with E-state index < -0.39 is 0 Å². The molecule has 0 radical (unpaired) electrons. The summed E-state index contributed by atoms with van der Waals surface area (Å²) >= 11 is 0. The van der Waals surface area contributed by atoms with Gasteiger partial charge in [0.25, 0.3) is 0 Å². The molecular formula is C40H26N2. The first-order chi connectivity index (χ1) is 20.9. The molecule has 0 amide bonds. The highest BCUT2D eigenvalue weighted by Gasteiger charge is 2.24. The molecule has 2 aromatic heterocycles. The average molecular weight is 535 g/mol. The highest BCUT2D eigenvalue weighted by atomic mass is 15.0. The number of nitrogens with zero attached hydrogens (tertiary/aromatic N) is 2. The van der Waals surface area contributed by atoms with Gasteiger partial charge in [-0.1, -0.05) is 121 Å². The number of hydrogen-bond acceptors (Lipinski definition) is 0. The van der Waals surface area contributed by atoms with E-state index in [1.807, 2.05) is 0 Å². The molecule has 0 atom stereocenters. The van der Waals surface area contributed by atoms with Crippen molar-refractivity contribution in [2.75, 3.05) is 0 Å². The van der Waals surface area contributed by atoms with Crippen LogP contribution >= 0.6 is 0 Å². The van der Waals surface area contributed by atoms with Gasteiger partial charge in [-0.15, -0.1) is 0 Å². The first kappa shape index (κ1) is 23.1. The smallest absolute Gasteiger partial charge is 0.0627 e. The standard InChI is InChI=1S/C40H26N2/c1-3-14-27(15-4-1)28-16-13-19-30(26-28)42-36-25-12-10-23-34(36)38-37-33-22-9-11-24-35(33)41(29-17-5-2-6-18-29)39(37)31-20-7-8-21-32(31)40(38)42/h1-26H. The molecule has 0 aliphatic rings. The summed E-state index contributed by atoms with van der Waals surface area (Å²) in [5.74, 6) is 0. The van der Waals surface area contributed by atoms with E-state index in [0.717, 1.165) is 0 Å². The van der Waals surface area contributed by atoms with Crippen molar-refractivity contribution in [1.82, 2.24) is 9.13 Å². The Labute approximate surface area is 243 Å². The van der Waals surface area contributed by atoms with E-state index in [1.54, 1.807) is 0 Å². The van der Waals surface area contributed by atoms with Gasteiger partial charge < -0.3 is 9.13 Å². The lowest BCUT2D eigenvalue weighted by Crippen LogP contribution is -1.97. The lowest BCUT2D eigenvalue weighted by molar-refractivity contribution is 1.18. The molecule has 0 N–H and O–H groups in total. The van der Waals surface area contributed by atoms with E-state index in [4.69, 9.17) is 0 Å². The van der Waals surface area contributed by atoms with Gasteiger partial charge in [0.1, 0.15) is 0 Å². The summed E-state index contributed by atoms with van der Waals surface area (Å²) < 4.78 is 4.93. The number of aromatic nitrogens is 2. The Morgan fingerprint density at radius 3 is 1.33 bits per heavy atom. The van der Waals surface area contributed by atoms with Crippen LogP contribution < -0.4 is 0 Å². The minimum absolute atomic E-state index is 1.17. The van der Waals surface area contributed by atoms with Gasteiger partial charge in [0.05, 0.1) is 22.1 Å². The van der Waals surface area contributed by atoms with E-state index in [-0.39, 0.29) is 0 Å². The Morgan fingerprint density at radius 2 is 0.738 bits per heavy atom. The molecular weight excluding hydrogens is 508 g/mol. The molecule has 0 unspecified atom stereocenters. The lowest BCUT2D eigenvalue weighted by Gasteiger charge is -2.14. The van der Waals surface area contributed by atoms with Gasteiger partial charge >= 0.3 is 0 Å². The second-order valence-electron chi connectivity index (χ2n) is 10.9. The zero-order chi connectivity index (χ0) is 27.6. The van der Waals surface area contributed by atoms with E-state index in [1.165, 1.54) is 76.9 Å². The van der Waals surface area contributed by atoms with E-state index in [9.17, 15) is 0 Å². The predicted molar refractivity (Wildman–Crippen MR) is 178 cm³/mol. The fraction of sp³-hybridized carbons (Fsp3) is 0. The van der Waals surface area contributed by atoms with E-state index in [2.05, 4.69) is 167 Å². The van der Waals surface area contributed by atoms with Gasteiger partial charge in [-0.25, -0.2) is 0 Å².